The van der Waals surface area contributed by atoms with Gasteiger partial charge in [0.05, 0.1) is 12.7 Å². The number of aliphatic hydroxyl groups is 1. The van der Waals surface area contributed by atoms with Gasteiger partial charge in [0.15, 0.2) is 0 Å². The maximum atomic E-state index is 12.0. The lowest BCUT2D eigenvalue weighted by atomic mass is 9.96. The van der Waals surface area contributed by atoms with E-state index >= 15 is 0 Å². The molecule has 0 radical (unpaired) electrons. The second-order valence-corrected chi connectivity index (χ2v) is 9.80. The van der Waals surface area contributed by atoms with Gasteiger partial charge in [-0.3, -0.25) is 0 Å². The maximum absolute atomic E-state index is 12.0. The van der Waals surface area contributed by atoms with Crippen molar-refractivity contribution in [3.63, 3.8) is 0 Å². The minimum atomic E-state index is -1.10. The van der Waals surface area contributed by atoms with Gasteiger partial charge in [0.2, 0.25) is 5.72 Å². The summed E-state index contributed by atoms with van der Waals surface area (Å²) in [5, 5.41) is 12.0. The fourth-order valence-corrected chi connectivity index (χ4v) is 5.23. The van der Waals surface area contributed by atoms with E-state index in [1.807, 2.05) is 24.5 Å². The highest BCUT2D eigenvalue weighted by molar-refractivity contribution is 5.70. The first kappa shape index (κ1) is 27.0. The van der Waals surface area contributed by atoms with Crippen molar-refractivity contribution in [1.82, 2.24) is 4.98 Å². The summed E-state index contributed by atoms with van der Waals surface area (Å²) in [5.74, 6) is 0.842. The lowest BCUT2D eigenvalue weighted by molar-refractivity contribution is -0.685. The number of halogens is 1. The molecule has 5 heteroatoms. The first-order valence-electron chi connectivity index (χ1n) is 13.3. The first-order chi connectivity index (χ1) is 17.7. The third kappa shape index (κ3) is 5.94. The smallest absolute Gasteiger partial charge is 0.396 e. The lowest BCUT2D eigenvalue weighted by Gasteiger charge is -2.28. The van der Waals surface area contributed by atoms with Crippen molar-refractivity contribution in [3.8, 4) is 22.3 Å². The molecule has 0 saturated carbocycles. The summed E-state index contributed by atoms with van der Waals surface area (Å²) in [6.07, 6.45) is 11.2. The molecule has 0 saturated heterocycles. The molecular formula is C32H36BrN3O. The lowest BCUT2D eigenvalue weighted by Crippen LogP contribution is -3.00. The molecule has 4 aromatic rings. The maximum Gasteiger partial charge on any atom is 0.396 e. The largest absolute Gasteiger partial charge is 1.00 e. The fourth-order valence-electron chi connectivity index (χ4n) is 5.23. The molecule has 0 aliphatic carbocycles. The molecule has 3 aromatic carbocycles. The molecule has 1 aliphatic heterocycles. The highest BCUT2D eigenvalue weighted by atomic mass is 79.9. The summed E-state index contributed by atoms with van der Waals surface area (Å²) in [6, 6.07) is 29.4. The number of hydrogen-bond donors (Lipinski definition) is 1. The Labute approximate surface area is 231 Å². The van der Waals surface area contributed by atoms with E-state index in [2.05, 4.69) is 94.2 Å². The van der Waals surface area contributed by atoms with Gasteiger partial charge < -0.3 is 22.1 Å². The highest BCUT2D eigenvalue weighted by Gasteiger charge is 2.51. The van der Waals surface area contributed by atoms with E-state index in [0.29, 0.717) is 6.54 Å². The zero-order valence-electron chi connectivity index (χ0n) is 21.6. The number of unbranched alkanes of at least 4 members (excludes halogenated alkanes) is 5. The minimum Gasteiger partial charge on any atom is -1.00 e. The highest BCUT2D eigenvalue weighted by Crippen LogP contribution is 2.35. The van der Waals surface area contributed by atoms with Gasteiger partial charge in [-0.05, 0) is 28.7 Å². The van der Waals surface area contributed by atoms with Crippen LogP contribution in [0.2, 0.25) is 0 Å². The van der Waals surface area contributed by atoms with E-state index in [-0.39, 0.29) is 17.0 Å². The van der Waals surface area contributed by atoms with Gasteiger partial charge in [-0.25, -0.2) is 9.47 Å². The monoisotopic (exact) mass is 557 g/mol. The summed E-state index contributed by atoms with van der Waals surface area (Å²) < 4.78 is 2.06. The predicted molar refractivity (Wildman–Crippen MR) is 146 cm³/mol. The van der Waals surface area contributed by atoms with Crippen molar-refractivity contribution in [2.45, 2.75) is 57.7 Å². The van der Waals surface area contributed by atoms with E-state index in [1.165, 1.54) is 48.8 Å². The Bertz CT molecular complexity index is 1260. The number of fused-ring (bicyclic) bond motifs is 1. The number of benzene rings is 3. The molecular weight excluding hydrogens is 522 g/mol. The van der Waals surface area contributed by atoms with Gasteiger partial charge >= 0.3 is 5.95 Å². The Morgan fingerprint density at radius 1 is 0.757 bits per heavy atom. The van der Waals surface area contributed by atoms with Crippen LogP contribution in [-0.2, 0) is 12.3 Å². The summed E-state index contributed by atoms with van der Waals surface area (Å²) >= 11 is 0. The van der Waals surface area contributed by atoms with Gasteiger partial charge in [-0.1, -0.05) is 123 Å². The molecule has 0 fully saturated rings. The van der Waals surface area contributed by atoms with Crippen LogP contribution in [0.15, 0.2) is 97.3 Å². The van der Waals surface area contributed by atoms with Crippen molar-refractivity contribution in [3.05, 3.63) is 103 Å². The molecule has 0 spiro atoms. The number of hydrogen-bond acceptors (Lipinski definition) is 3. The van der Waals surface area contributed by atoms with E-state index in [1.54, 1.807) is 0 Å². The van der Waals surface area contributed by atoms with Crippen LogP contribution in [-0.4, -0.2) is 16.6 Å². The SMILES string of the molecule is CCCCCCCCN1c2nccc[n+]2C[C@@]1(O)c1ccc(-c2ccc(-c3ccccc3)cc2)cc1.[Br-]. The van der Waals surface area contributed by atoms with Crippen LogP contribution in [0.3, 0.4) is 0 Å². The molecule has 1 aromatic heterocycles. The zero-order chi connectivity index (χ0) is 24.8. The Balaban J connectivity index is 0.00000320. The molecule has 4 nitrogen and oxygen atoms in total. The zero-order valence-corrected chi connectivity index (χ0v) is 23.1. The molecule has 1 atom stereocenters. The number of rotatable bonds is 10. The van der Waals surface area contributed by atoms with Gasteiger partial charge in [0.25, 0.3) is 0 Å². The van der Waals surface area contributed by atoms with Gasteiger partial charge in [-0.2, -0.15) is 0 Å². The van der Waals surface area contributed by atoms with E-state index < -0.39 is 5.72 Å². The Kier molecular flexibility index (Phi) is 9.12. The number of anilines is 1. The second-order valence-electron chi connectivity index (χ2n) is 9.80. The Morgan fingerprint density at radius 2 is 1.32 bits per heavy atom. The summed E-state index contributed by atoms with van der Waals surface area (Å²) in [4.78, 5) is 6.71. The average molecular weight is 559 g/mol. The van der Waals surface area contributed by atoms with Crippen molar-refractivity contribution < 1.29 is 26.7 Å². The Morgan fingerprint density at radius 3 is 1.97 bits per heavy atom. The first-order valence-corrected chi connectivity index (χ1v) is 13.3. The molecule has 2 heterocycles. The molecule has 37 heavy (non-hydrogen) atoms. The topological polar surface area (TPSA) is 40.2 Å². The molecule has 1 aliphatic rings. The van der Waals surface area contributed by atoms with Crippen LogP contribution >= 0.6 is 0 Å². The van der Waals surface area contributed by atoms with Crippen LogP contribution in [0.4, 0.5) is 5.95 Å². The fraction of sp³-hybridized carbons (Fsp3) is 0.312. The van der Waals surface area contributed by atoms with E-state index in [4.69, 9.17) is 0 Å². The second kappa shape index (κ2) is 12.5. The molecule has 0 amide bonds. The number of nitrogens with zero attached hydrogens (tertiary/aromatic N) is 3. The third-order valence-electron chi connectivity index (χ3n) is 7.29. The van der Waals surface area contributed by atoms with Crippen LogP contribution in [0.25, 0.3) is 22.3 Å². The summed E-state index contributed by atoms with van der Waals surface area (Å²) in [5.41, 5.74) is 4.56. The van der Waals surface area contributed by atoms with Gasteiger partial charge in [0, 0.05) is 11.6 Å². The third-order valence-corrected chi connectivity index (χ3v) is 7.29. The standard InChI is InChI=1S/C32H36N3O.BrH/c1-2-3-4-5-6-10-24-35-31-33-22-11-23-34(31)25-32(35,36)30-20-18-29(19-21-30)28-16-14-27(15-17-28)26-12-8-7-9-13-26;/h7-9,11-23,36H,2-6,10,24-25H2,1H3;1H/q+1;/p-1/t32-;/m1./s1. The average Bonchev–Trinajstić information content (AvgIpc) is 3.23. The van der Waals surface area contributed by atoms with Gasteiger partial charge in [-0.15, -0.1) is 0 Å². The minimum absolute atomic E-state index is 0. The van der Waals surface area contributed by atoms with Crippen LogP contribution in [0.1, 0.15) is 51.0 Å². The predicted octanol–water partition coefficient (Wildman–Crippen LogP) is 3.73. The van der Waals surface area contributed by atoms with E-state index in [0.717, 1.165) is 30.0 Å². The van der Waals surface area contributed by atoms with Crippen molar-refractivity contribution in [2.24, 2.45) is 0 Å². The van der Waals surface area contributed by atoms with Crippen LogP contribution in [0, 0.1) is 0 Å². The van der Waals surface area contributed by atoms with Crippen molar-refractivity contribution in [1.29, 1.82) is 0 Å². The van der Waals surface area contributed by atoms with Crippen molar-refractivity contribution >= 4 is 5.95 Å². The molecule has 0 bridgehead atoms. The van der Waals surface area contributed by atoms with Crippen LogP contribution < -0.4 is 26.4 Å². The molecule has 0 unspecified atom stereocenters. The van der Waals surface area contributed by atoms with Crippen molar-refractivity contribution in [2.75, 3.05) is 11.4 Å². The van der Waals surface area contributed by atoms with Gasteiger partial charge in [0.1, 0.15) is 12.7 Å². The summed E-state index contributed by atoms with van der Waals surface area (Å²) in [7, 11) is 0. The van der Waals surface area contributed by atoms with E-state index in [9.17, 15) is 5.11 Å². The summed E-state index contributed by atoms with van der Waals surface area (Å²) in [6.45, 7) is 3.52. The molecule has 1 N–H and O–H groups in total. The van der Waals surface area contributed by atoms with Crippen LogP contribution in [0.5, 0.6) is 0 Å². The quantitative estimate of drug-likeness (QED) is 0.238. The Hall–Kier alpha value is -3.02. The normalized spacial score (nSPS) is 16.3. The molecule has 5 rings (SSSR count). The molecule has 192 valence electrons. The number of aromatic nitrogens is 2.